The highest BCUT2D eigenvalue weighted by atomic mass is 16.2. The summed E-state index contributed by atoms with van der Waals surface area (Å²) in [7, 11) is 0. The Morgan fingerprint density at radius 3 is 2.68 bits per heavy atom. The van der Waals surface area contributed by atoms with Crippen LogP contribution in [0.3, 0.4) is 0 Å². The van der Waals surface area contributed by atoms with Crippen LogP contribution >= 0.6 is 0 Å². The van der Waals surface area contributed by atoms with Crippen molar-refractivity contribution in [3.63, 3.8) is 0 Å². The van der Waals surface area contributed by atoms with Gasteiger partial charge in [0.15, 0.2) is 0 Å². The summed E-state index contributed by atoms with van der Waals surface area (Å²) in [5, 5.41) is 3.42. The molecule has 0 aliphatic carbocycles. The summed E-state index contributed by atoms with van der Waals surface area (Å²) in [4.78, 5) is 17.2. The van der Waals surface area contributed by atoms with Gasteiger partial charge in [-0.2, -0.15) is 0 Å². The highest BCUT2D eigenvalue weighted by Gasteiger charge is 2.34. The molecular formula is C15H29N3O. The lowest BCUT2D eigenvalue weighted by molar-refractivity contribution is -0.140. The molecule has 0 aromatic rings. The maximum absolute atomic E-state index is 12.6. The van der Waals surface area contributed by atoms with Crippen LogP contribution in [0, 0.1) is 0 Å². The minimum atomic E-state index is 0.0470. The number of carbonyl (C=O) groups is 1. The summed E-state index contributed by atoms with van der Waals surface area (Å²) in [6.07, 6.45) is 4.54. The van der Waals surface area contributed by atoms with E-state index in [1.807, 2.05) is 0 Å². The van der Waals surface area contributed by atoms with Crippen LogP contribution in [0.25, 0.3) is 0 Å². The molecule has 2 saturated heterocycles. The first-order valence-electron chi connectivity index (χ1n) is 7.90. The third-order valence-corrected chi connectivity index (χ3v) is 4.38. The van der Waals surface area contributed by atoms with E-state index in [2.05, 4.69) is 35.9 Å². The molecule has 4 heteroatoms. The van der Waals surface area contributed by atoms with Gasteiger partial charge >= 0.3 is 0 Å². The van der Waals surface area contributed by atoms with Crippen molar-refractivity contribution in [2.45, 2.75) is 64.6 Å². The van der Waals surface area contributed by atoms with Crippen molar-refractivity contribution in [3.05, 3.63) is 0 Å². The van der Waals surface area contributed by atoms with Crippen molar-refractivity contribution in [1.82, 2.24) is 15.1 Å². The van der Waals surface area contributed by atoms with Gasteiger partial charge in [0.05, 0.1) is 6.04 Å². The first-order chi connectivity index (χ1) is 9.11. The number of nitrogens with one attached hydrogen (secondary N) is 1. The van der Waals surface area contributed by atoms with Crippen molar-refractivity contribution in [1.29, 1.82) is 0 Å². The molecule has 2 aliphatic rings. The SMILES string of the molecule is CCN1CCCC(N2CCCC(NC(C)C)C2=O)C1. The third-order valence-electron chi connectivity index (χ3n) is 4.38. The van der Waals surface area contributed by atoms with Crippen LogP contribution in [-0.2, 0) is 4.79 Å². The maximum Gasteiger partial charge on any atom is 0.240 e. The largest absolute Gasteiger partial charge is 0.337 e. The van der Waals surface area contributed by atoms with Gasteiger partial charge in [-0.25, -0.2) is 0 Å². The second kappa shape index (κ2) is 6.71. The molecule has 2 rings (SSSR count). The number of rotatable bonds is 4. The first kappa shape index (κ1) is 14.8. The molecule has 0 radical (unpaired) electrons. The molecule has 0 aromatic carbocycles. The minimum Gasteiger partial charge on any atom is -0.337 e. The number of piperidine rings is 2. The lowest BCUT2D eigenvalue weighted by Gasteiger charge is -2.43. The van der Waals surface area contributed by atoms with E-state index in [1.165, 1.54) is 19.4 Å². The predicted octanol–water partition coefficient (Wildman–Crippen LogP) is 1.46. The summed E-state index contributed by atoms with van der Waals surface area (Å²) in [6.45, 7) is 10.8. The van der Waals surface area contributed by atoms with Crippen molar-refractivity contribution in [3.8, 4) is 0 Å². The van der Waals surface area contributed by atoms with Gasteiger partial charge in [0.25, 0.3) is 0 Å². The molecule has 0 saturated carbocycles. The monoisotopic (exact) mass is 267 g/mol. The fourth-order valence-corrected chi connectivity index (χ4v) is 3.39. The molecule has 2 atom stereocenters. The number of likely N-dealkylation sites (tertiary alicyclic amines) is 2. The molecule has 4 nitrogen and oxygen atoms in total. The zero-order valence-electron chi connectivity index (χ0n) is 12.7. The summed E-state index contributed by atoms with van der Waals surface area (Å²) in [5.74, 6) is 0.336. The second-order valence-corrected chi connectivity index (χ2v) is 6.24. The van der Waals surface area contributed by atoms with E-state index in [1.54, 1.807) is 0 Å². The quantitative estimate of drug-likeness (QED) is 0.837. The predicted molar refractivity (Wildman–Crippen MR) is 78.1 cm³/mol. The van der Waals surface area contributed by atoms with Crippen LogP contribution in [0.4, 0.5) is 0 Å². The number of amides is 1. The smallest absolute Gasteiger partial charge is 0.240 e. The Labute approximate surface area is 117 Å². The highest BCUT2D eigenvalue weighted by molar-refractivity contribution is 5.83. The average Bonchev–Trinajstić information content (AvgIpc) is 2.41. The Hall–Kier alpha value is -0.610. The van der Waals surface area contributed by atoms with Gasteiger partial charge in [0.2, 0.25) is 5.91 Å². The van der Waals surface area contributed by atoms with Gasteiger partial charge < -0.3 is 15.1 Å². The van der Waals surface area contributed by atoms with Gasteiger partial charge in [-0.15, -0.1) is 0 Å². The Kier molecular flexibility index (Phi) is 5.22. The van der Waals surface area contributed by atoms with E-state index in [4.69, 9.17) is 0 Å². The van der Waals surface area contributed by atoms with Crippen LogP contribution in [0.2, 0.25) is 0 Å². The van der Waals surface area contributed by atoms with Gasteiger partial charge in [-0.05, 0) is 38.8 Å². The summed E-state index contributed by atoms with van der Waals surface area (Å²) < 4.78 is 0. The molecule has 0 spiro atoms. The lowest BCUT2D eigenvalue weighted by atomic mass is 9.97. The topological polar surface area (TPSA) is 35.6 Å². The molecule has 19 heavy (non-hydrogen) atoms. The lowest BCUT2D eigenvalue weighted by Crippen LogP contribution is -2.58. The normalized spacial score (nSPS) is 30.1. The molecule has 110 valence electrons. The van der Waals surface area contributed by atoms with Gasteiger partial charge in [0, 0.05) is 25.2 Å². The van der Waals surface area contributed by atoms with Gasteiger partial charge in [0.1, 0.15) is 0 Å². The summed E-state index contributed by atoms with van der Waals surface area (Å²) in [5.41, 5.74) is 0. The minimum absolute atomic E-state index is 0.0470. The van der Waals surface area contributed by atoms with Crippen LogP contribution in [0.5, 0.6) is 0 Å². The van der Waals surface area contributed by atoms with Crippen molar-refractivity contribution in [2.75, 3.05) is 26.2 Å². The van der Waals surface area contributed by atoms with Crippen LogP contribution in [0.1, 0.15) is 46.5 Å². The second-order valence-electron chi connectivity index (χ2n) is 6.24. The average molecular weight is 267 g/mol. The highest BCUT2D eigenvalue weighted by Crippen LogP contribution is 2.21. The van der Waals surface area contributed by atoms with Crippen LogP contribution < -0.4 is 5.32 Å². The molecular weight excluding hydrogens is 238 g/mol. The molecule has 2 heterocycles. The Balaban J connectivity index is 1.96. The Morgan fingerprint density at radius 1 is 1.26 bits per heavy atom. The molecule has 1 N–H and O–H groups in total. The third kappa shape index (κ3) is 3.69. The Morgan fingerprint density at radius 2 is 2.00 bits per heavy atom. The first-order valence-corrected chi connectivity index (χ1v) is 7.90. The standard InChI is InChI=1S/C15H29N3O/c1-4-17-9-5-7-13(11-17)18-10-6-8-14(15(18)19)16-12(2)3/h12-14,16H,4-11H2,1-3H3. The number of carbonyl (C=O) groups excluding carboxylic acids is 1. The zero-order valence-corrected chi connectivity index (χ0v) is 12.7. The van der Waals surface area contributed by atoms with Crippen molar-refractivity contribution >= 4 is 5.91 Å². The maximum atomic E-state index is 12.6. The van der Waals surface area contributed by atoms with E-state index < -0.39 is 0 Å². The molecule has 2 fully saturated rings. The summed E-state index contributed by atoms with van der Waals surface area (Å²) in [6, 6.07) is 0.871. The van der Waals surface area contributed by atoms with Gasteiger partial charge in [-0.3, -0.25) is 4.79 Å². The number of hydrogen-bond donors (Lipinski definition) is 1. The summed E-state index contributed by atoms with van der Waals surface area (Å²) >= 11 is 0. The van der Waals surface area contributed by atoms with E-state index in [0.29, 0.717) is 18.0 Å². The molecule has 2 aliphatic heterocycles. The van der Waals surface area contributed by atoms with Crippen molar-refractivity contribution < 1.29 is 4.79 Å². The molecule has 2 unspecified atom stereocenters. The van der Waals surface area contributed by atoms with Crippen molar-refractivity contribution in [2.24, 2.45) is 0 Å². The van der Waals surface area contributed by atoms with E-state index in [0.717, 1.165) is 32.5 Å². The van der Waals surface area contributed by atoms with E-state index in [-0.39, 0.29) is 6.04 Å². The van der Waals surface area contributed by atoms with E-state index >= 15 is 0 Å². The molecule has 0 bridgehead atoms. The Bertz CT molecular complexity index is 306. The zero-order chi connectivity index (χ0) is 13.8. The van der Waals surface area contributed by atoms with Crippen LogP contribution in [-0.4, -0.2) is 60.0 Å². The fraction of sp³-hybridized carbons (Fsp3) is 0.933. The molecule has 1 amide bonds. The van der Waals surface area contributed by atoms with Gasteiger partial charge in [-0.1, -0.05) is 20.8 Å². The number of likely N-dealkylation sites (N-methyl/N-ethyl adjacent to an activating group) is 1. The van der Waals surface area contributed by atoms with E-state index in [9.17, 15) is 4.79 Å². The molecule has 0 aromatic heterocycles. The number of nitrogens with zero attached hydrogens (tertiary/aromatic N) is 2. The number of hydrogen-bond acceptors (Lipinski definition) is 3. The van der Waals surface area contributed by atoms with Crippen LogP contribution in [0.15, 0.2) is 0 Å². The fourth-order valence-electron chi connectivity index (χ4n) is 3.39.